The number of rotatable bonds is 4. The lowest BCUT2D eigenvalue weighted by molar-refractivity contribution is 0.0824. The number of carbonyl (C=O) groups excluding carboxylic acids is 4. The van der Waals surface area contributed by atoms with E-state index in [1.54, 1.807) is 0 Å². The van der Waals surface area contributed by atoms with Gasteiger partial charge < -0.3 is 9.47 Å². The molecule has 2 aliphatic heterocycles. The lowest BCUT2D eigenvalue weighted by atomic mass is 10.1. The fourth-order valence-corrected chi connectivity index (χ4v) is 2.14. The first kappa shape index (κ1) is 15.6. The van der Waals surface area contributed by atoms with Gasteiger partial charge in [0.2, 0.25) is 0 Å². The zero-order chi connectivity index (χ0) is 17.1. The zero-order valence-electron chi connectivity index (χ0n) is 12.5. The van der Waals surface area contributed by atoms with Crippen LogP contribution in [0.2, 0.25) is 0 Å². The van der Waals surface area contributed by atoms with Gasteiger partial charge in [0.15, 0.2) is 0 Å². The molecule has 0 aromatic heterocycles. The summed E-state index contributed by atoms with van der Waals surface area (Å²) in [4.78, 5) is 46.6. The van der Waals surface area contributed by atoms with Crippen molar-refractivity contribution in [1.29, 1.82) is 0 Å². The fraction of sp³-hybridized carbons (Fsp3) is 0.286. The Bertz CT molecular complexity index is 630. The highest BCUT2D eigenvalue weighted by Gasteiger charge is 2.25. The molecular formula is C14H14N4O6. The van der Waals surface area contributed by atoms with Crippen LogP contribution in [0.4, 0.5) is 9.59 Å². The van der Waals surface area contributed by atoms with Crippen LogP contribution in [0, 0.1) is 0 Å². The maximum absolute atomic E-state index is 12.0. The number of ether oxygens (including phenoxy) is 2. The highest BCUT2D eigenvalue weighted by atomic mass is 16.6. The number of nitrogens with one attached hydrogen (secondary N) is 2. The molecule has 0 saturated carbocycles. The summed E-state index contributed by atoms with van der Waals surface area (Å²) in [7, 11) is 0. The van der Waals surface area contributed by atoms with E-state index in [4.69, 9.17) is 9.47 Å². The monoisotopic (exact) mass is 334 g/mol. The minimum Gasteiger partial charge on any atom is -0.446 e. The molecule has 0 spiro atoms. The van der Waals surface area contributed by atoms with Gasteiger partial charge >= 0.3 is 12.2 Å². The van der Waals surface area contributed by atoms with E-state index in [9.17, 15) is 19.2 Å². The molecule has 10 heteroatoms. The van der Waals surface area contributed by atoms with Crippen LogP contribution < -0.4 is 10.9 Å². The van der Waals surface area contributed by atoms with Gasteiger partial charge in [0.05, 0.1) is 13.1 Å². The molecule has 2 aliphatic rings. The molecule has 4 amide bonds. The van der Waals surface area contributed by atoms with Crippen LogP contribution in [0.3, 0.4) is 0 Å². The third kappa shape index (κ3) is 3.21. The number of carbonyl (C=O) groups is 4. The maximum Gasteiger partial charge on any atom is 0.428 e. The van der Waals surface area contributed by atoms with Crippen molar-refractivity contribution in [2.75, 3.05) is 26.3 Å². The first-order valence-corrected chi connectivity index (χ1v) is 7.15. The lowest BCUT2D eigenvalue weighted by Crippen LogP contribution is -2.43. The number of amides is 4. The van der Waals surface area contributed by atoms with Crippen LogP contribution in [0.5, 0.6) is 0 Å². The Labute approximate surface area is 136 Å². The minimum absolute atomic E-state index is 0.219. The summed E-state index contributed by atoms with van der Waals surface area (Å²) in [5, 5.41) is 2.14. The highest BCUT2D eigenvalue weighted by molar-refractivity contribution is 5.98. The molecule has 0 unspecified atom stereocenters. The van der Waals surface area contributed by atoms with Gasteiger partial charge in [-0.15, -0.1) is 0 Å². The Kier molecular flexibility index (Phi) is 4.18. The quantitative estimate of drug-likeness (QED) is 0.793. The fourth-order valence-electron chi connectivity index (χ4n) is 2.14. The van der Waals surface area contributed by atoms with Crippen LogP contribution in [0.1, 0.15) is 20.7 Å². The molecule has 2 saturated heterocycles. The van der Waals surface area contributed by atoms with Gasteiger partial charge in [-0.1, -0.05) is 0 Å². The van der Waals surface area contributed by atoms with Crippen molar-refractivity contribution in [3.63, 3.8) is 0 Å². The van der Waals surface area contributed by atoms with Gasteiger partial charge in [0.1, 0.15) is 13.2 Å². The van der Waals surface area contributed by atoms with Crippen molar-refractivity contribution in [3.05, 3.63) is 35.4 Å². The Morgan fingerprint density at radius 3 is 1.46 bits per heavy atom. The molecule has 24 heavy (non-hydrogen) atoms. The van der Waals surface area contributed by atoms with E-state index >= 15 is 0 Å². The normalized spacial score (nSPS) is 16.7. The predicted molar refractivity (Wildman–Crippen MR) is 77.5 cm³/mol. The van der Waals surface area contributed by atoms with Gasteiger partial charge in [-0.3, -0.25) is 20.4 Å². The van der Waals surface area contributed by atoms with Crippen LogP contribution in [0.25, 0.3) is 0 Å². The number of nitrogens with zero attached hydrogens (tertiary/aromatic N) is 2. The van der Waals surface area contributed by atoms with Crippen LogP contribution in [0.15, 0.2) is 24.3 Å². The topological polar surface area (TPSA) is 117 Å². The first-order chi connectivity index (χ1) is 11.5. The molecule has 126 valence electrons. The number of hydrazine groups is 2. The summed E-state index contributed by atoms with van der Waals surface area (Å²) in [5.74, 6) is -0.993. The third-order valence-corrected chi connectivity index (χ3v) is 3.40. The number of cyclic esters (lactones) is 2. The van der Waals surface area contributed by atoms with Crippen molar-refractivity contribution in [2.24, 2.45) is 0 Å². The SMILES string of the molecule is O=C(NN1CCOC1=O)c1ccc(C(=O)NN2CCOC2=O)cc1. The Balaban J connectivity index is 1.60. The Hall–Kier alpha value is -3.30. The van der Waals surface area contributed by atoms with E-state index < -0.39 is 24.0 Å². The molecular weight excluding hydrogens is 320 g/mol. The molecule has 2 heterocycles. The van der Waals surface area contributed by atoms with Gasteiger partial charge in [0, 0.05) is 11.1 Å². The average Bonchev–Trinajstić information content (AvgIpc) is 3.16. The molecule has 1 aromatic rings. The molecule has 0 radical (unpaired) electrons. The summed E-state index contributed by atoms with van der Waals surface area (Å²) in [6, 6.07) is 5.75. The Morgan fingerprint density at radius 2 is 1.17 bits per heavy atom. The molecule has 0 bridgehead atoms. The van der Waals surface area contributed by atoms with E-state index in [1.807, 2.05) is 0 Å². The molecule has 0 aliphatic carbocycles. The Morgan fingerprint density at radius 1 is 0.792 bits per heavy atom. The number of hydrogen-bond donors (Lipinski definition) is 2. The molecule has 0 atom stereocenters. The second-order valence-corrected chi connectivity index (χ2v) is 4.99. The average molecular weight is 334 g/mol. The van der Waals surface area contributed by atoms with E-state index in [0.717, 1.165) is 10.0 Å². The summed E-state index contributed by atoms with van der Waals surface area (Å²) in [6.45, 7) is 0.988. The zero-order valence-corrected chi connectivity index (χ0v) is 12.5. The van der Waals surface area contributed by atoms with E-state index in [1.165, 1.54) is 24.3 Å². The maximum atomic E-state index is 12.0. The van der Waals surface area contributed by atoms with E-state index in [0.29, 0.717) is 0 Å². The van der Waals surface area contributed by atoms with Gasteiger partial charge in [0.25, 0.3) is 11.8 Å². The van der Waals surface area contributed by atoms with Crippen molar-refractivity contribution in [3.8, 4) is 0 Å². The summed E-state index contributed by atoms with van der Waals surface area (Å²) >= 11 is 0. The van der Waals surface area contributed by atoms with Gasteiger partial charge in [-0.25, -0.2) is 19.6 Å². The molecule has 10 nitrogen and oxygen atoms in total. The molecule has 1 aromatic carbocycles. The van der Waals surface area contributed by atoms with Gasteiger partial charge in [-0.2, -0.15) is 0 Å². The summed E-state index contributed by atoms with van der Waals surface area (Å²) in [6.07, 6.45) is -1.23. The smallest absolute Gasteiger partial charge is 0.428 e. The van der Waals surface area contributed by atoms with Crippen LogP contribution >= 0.6 is 0 Å². The van der Waals surface area contributed by atoms with Crippen molar-refractivity contribution < 1.29 is 28.7 Å². The van der Waals surface area contributed by atoms with E-state index in [2.05, 4.69) is 10.9 Å². The minimum atomic E-state index is -0.614. The first-order valence-electron chi connectivity index (χ1n) is 7.15. The summed E-state index contributed by atoms with van der Waals surface area (Å²) < 4.78 is 9.40. The van der Waals surface area contributed by atoms with Crippen molar-refractivity contribution in [2.45, 2.75) is 0 Å². The predicted octanol–water partition coefficient (Wildman–Crippen LogP) is -0.119. The highest BCUT2D eigenvalue weighted by Crippen LogP contribution is 2.08. The molecule has 2 N–H and O–H groups in total. The second-order valence-electron chi connectivity index (χ2n) is 4.99. The van der Waals surface area contributed by atoms with Gasteiger partial charge in [-0.05, 0) is 24.3 Å². The second kappa shape index (κ2) is 6.44. The summed E-state index contributed by atoms with van der Waals surface area (Å²) in [5.41, 5.74) is 5.36. The standard InChI is InChI=1S/C14H14N4O6/c19-11(15-17-5-7-23-13(17)21)9-1-2-10(4-3-9)12(20)16-18-6-8-24-14(18)22/h1-4H,5-8H2,(H,15,19)(H,16,20). The third-order valence-electron chi connectivity index (χ3n) is 3.40. The van der Waals surface area contributed by atoms with Crippen LogP contribution in [-0.4, -0.2) is 60.3 Å². The largest absolute Gasteiger partial charge is 0.446 e. The van der Waals surface area contributed by atoms with Crippen LogP contribution in [-0.2, 0) is 9.47 Å². The van der Waals surface area contributed by atoms with Crippen molar-refractivity contribution >= 4 is 24.0 Å². The number of benzene rings is 1. The molecule has 2 fully saturated rings. The van der Waals surface area contributed by atoms with Crippen molar-refractivity contribution in [1.82, 2.24) is 20.9 Å². The lowest BCUT2D eigenvalue weighted by Gasteiger charge is -2.15. The van der Waals surface area contributed by atoms with E-state index in [-0.39, 0.29) is 37.4 Å². The number of hydrogen-bond acceptors (Lipinski definition) is 6. The molecule has 3 rings (SSSR count).